The van der Waals surface area contributed by atoms with Crippen LogP contribution in [0.1, 0.15) is 38.4 Å². The van der Waals surface area contributed by atoms with E-state index in [0.29, 0.717) is 38.8 Å². The fraction of sp³-hybridized carbons (Fsp3) is 0.154. The van der Waals surface area contributed by atoms with E-state index in [2.05, 4.69) is 26.2 Å². The first-order valence-electron chi connectivity index (χ1n) is 11.2. The Balaban J connectivity index is 1.26. The van der Waals surface area contributed by atoms with Gasteiger partial charge in [-0.1, -0.05) is 35.3 Å². The number of benzene rings is 2. The predicted octanol–water partition coefficient (Wildman–Crippen LogP) is 5.92. The molecule has 1 N–H and O–H groups in total. The summed E-state index contributed by atoms with van der Waals surface area (Å²) in [6.45, 7) is 1.87. The Morgan fingerprint density at radius 2 is 1.76 bits per heavy atom. The molecule has 2 aromatic carbocycles. The van der Waals surface area contributed by atoms with Gasteiger partial charge in [-0.2, -0.15) is 0 Å². The number of aryl methyl sites for hydroxylation is 1. The highest BCUT2D eigenvalue weighted by molar-refractivity contribution is 9.10. The maximum atomic E-state index is 12.7. The molecule has 0 aliphatic carbocycles. The monoisotopic (exact) mass is 600 g/mol. The summed E-state index contributed by atoms with van der Waals surface area (Å²) in [6.07, 6.45) is 1.77. The second-order valence-electron chi connectivity index (χ2n) is 8.34. The molecular weight excluding hydrogens is 583 g/mol. The van der Waals surface area contributed by atoms with Gasteiger partial charge in [0.05, 0.1) is 27.5 Å². The van der Waals surface area contributed by atoms with Gasteiger partial charge in [-0.3, -0.25) is 23.7 Å². The Bertz CT molecular complexity index is 1550. The number of fused-ring (bicyclic) bond motifs is 2. The minimum atomic E-state index is -0.410. The van der Waals surface area contributed by atoms with Crippen molar-refractivity contribution in [2.24, 2.45) is 0 Å². The second kappa shape index (κ2) is 10.2. The van der Waals surface area contributed by atoms with Gasteiger partial charge >= 0.3 is 0 Å². The number of hydrogen-bond donors (Lipinski definition) is 1. The van der Waals surface area contributed by atoms with Crippen LogP contribution in [-0.4, -0.2) is 38.6 Å². The summed E-state index contributed by atoms with van der Waals surface area (Å²) in [5.41, 5.74) is 2.97. The van der Waals surface area contributed by atoms with Gasteiger partial charge in [0.15, 0.2) is 11.4 Å². The number of aromatic nitrogens is 2. The first-order valence-corrected chi connectivity index (χ1v) is 12.8. The summed E-state index contributed by atoms with van der Waals surface area (Å²) in [5, 5.41) is 3.34. The first-order chi connectivity index (χ1) is 17.8. The van der Waals surface area contributed by atoms with Gasteiger partial charge in [-0.25, -0.2) is 4.98 Å². The highest BCUT2D eigenvalue weighted by Gasteiger charge is 2.35. The van der Waals surface area contributed by atoms with Gasteiger partial charge in [0.25, 0.3) is 11.8 Å². The molecule has 0 unspecified atom stereocenters. The molecule has 37 heavy (non-hydrogen) atoms. The third-order valence-electron chi connectivity index (χ3n) is 5.99. The average Bonchev–Trinajstić information content (AvgIpc) is 3.32. The number of nitrogens with one attached hydrogen (secondary N) is 1. The van der Waals surface area contributed by atoms with Crippen LogP contribution in [0.15, 0.2) is 59.3 Å². The smallest absolute Gasteiger partial charge is 0.261 e. The van der Waals surface area contributed by atoms with Gasteiger partial charge < -0.3 is 10.1 Å². The SMILES string of the molecule is Cc1nc2c(OCc3c(Cl)ccc(NC(=O)CCN4C(=O)c5ccccc5C4=O)c3Cl)cccn2c1Br. The first kappa shape index (κ1) is 25.3. The van der Waals surface area contributed by atoms with Crippen LogP contribution in [0.2, 0.25) is 10.0 Å². The van der Waals surface area contributed by atoms with Crippen molar-refractivity contribution in [1.82, 2.24) is 14.3 Å². The minimum Gasteiger partial charge on any atom is -0.485 e. The number of carbonyl (C=O) groups is 3. The van der Waals surface area contributed by atoms with Gasteiger partial charge in [0.1, 0.15) is 11.2 Å². The number of hydrogen-bond acceptors (Lipinski definition) is 5. The molecule has 0 spiro atoms. The number of rotatable bonds is 7. The molecule has 0 bridgehead atoms. The number of anilines is 1. The van der Waals surface area contributed by atoms with Crippen molar-refractivity contribution in [1.29, 1.82) is 0 Å². The summed E-state index contributed by atoms with van der Waals surface area (Å²) >= 11 is 16.5. The van der Waals surface area contributed by atoms with E-state index in [1.54, 1.807) is 42.5 Å². The van der Waals surface area contributed by atoms with Crippen LogP contribution >= 0.6 is 39.1 Å². The molecule has 5 rings (SSSR count). The van der Waals surface area contributed by atoms with Gasteiger partial charge in [0, 0.05) is 29.7 Å². The van der Waals surface area contributed by atoms with Crippen LogP contribution < -0.4 is 10.1 Å². The zero-order chi connectivity index (χ0) is 26.3. The highest BCUT2D eigenvalue weighted by Crippen LogP contribution is 2.34. The lowest BCUT2D eigenvalue weighted by molar-refractivity contribution is -0.116. The number of halogens is 3. The lowest BCUT2D eigenvalue weighted by Gasteiger charge is -2.16. The van der Waals surface area contributed by atoms with Gasteiger partial charge in [-0.05, 0) is 59.3 Å². The van der Waals surface area contributed by atoms with E-state index in [1.807, 2.05) is 23.6 Å². The fourth-order valence-corrected chi connectivity index (χ4v) is 4.99. The van der Waals surface area contributed by atoms with E-state index in [9.17, 15) is 14.4 Å². The molecule has 8 nitrogen and oxygen atoms in total. The molecule has 1 aliphatic heterocycles. The molecule has 0 saturated carbocycles. The quantitative estimate of drug-likeness (QED) is 0.266. The molecule has 3 heterocycles. The van der Waals surface area contributed by atoms with Crippen molar-refractivity contribution in [3.8, 4) is 5.75 Å². The maximum absolute atomic E-state index is 12.7. The Morgan fingerprint density at radius 3 is 2.46 bits per heavy atom. The number of imide groups is 1. The van der Waals surface area contributed by atoms with Crippen molar-refractivity contribution in [3.63, 3.8) is 0 Å². The topological polar surface area (TPSA) is 93.0 Å². The number of imidazole rings is 1. The van der Waals surface area contributed by atoms with E-state index < -0.39 is 17.7 Å². The van der Waals surface area contributed by atoms with Crippen LogP contribution in [0.5, 0.6) is 5.75 Å². The maximum Gasteiger partial charge on any atom is 0.261 e. The van der Waals surface area contributed by atoms with Crippen molar-refractivity contribution in [3.05, 3.63) is 91.8 Å². The zero-order valence-electron chi connectivity index (χ0n) is 19.4. The third-order valence-corrected chi connectivity index (χ3v) is 7.73. The largest absolute Gasteiger partial charge is 0.485 e. The lowest BCUT2D eigenvalue weighted by atomic mass is 10.1. The molecular formula is C26H19BrCl2N4O4. The van der Waals surface area contributed by atoms with Crippen LogP contribution in [0.3, 0.4) is 0 Å². The Hall–Kier alpha value is -3.40. The summed E-state index contributed by atoms with van der Waals surface area (Å²) in [6, 6.07) is 13.4. The normalized spacial score (nSPS) is 12.8. The number of pyridine rings is 1. The van der Waals surface area contributed by atoms with E-state index in [-0.39, 0.29) is 24.6 Å². The molecule has 0 atom stereocenters. The van der Waals surface area contributed by atoms with E-state index in [4.69, 9.17) is 27.9 Å². The zero-order valence-corrected chi connectivity index (χ0v) is 22.5. The van der Waals surface area contributed by atoms with Crippen molar-refractivity contribution >= 4 is 68.2 Å². The fourth-order valence-electron chi connectivity index (χ4n) is 4.08. The van der Waals surface area contributed by atoms with Crippen molar-refractivity contribution < 1.29 is 19.1 Å². The standard InChI is InChI=1S/C26H19BrCl2N4O4/c1-14-23(27)32-11-4-7-20(24(32)30-14)37-13-17-18(28)8-9-19(22(17)29)31-21(34)10-12-33-25(35)15-5-2-3-6-16(15)26(33)36/h2-9,11H,10,12-13H2,1H3,(H,31,34). The molecule has 1 aliphatic rings. The molecule has 11 heteroatoms. The molecule has 2 aromatic heterocycles. The number of nitrogens with zero attached hydrogens (tertiary/aromatic N) is 3. The van der Waals surface area contributed by atoms with Crippen molar-refractivity contribution in [2.75, 3.05) is 11.9 Å². The Labute approximate surface area is 230 Å². The second-order valence-corrected chi connectivity index (χ2v) is 9.87. The average molecular weight is 602 g/mol. The Morgan fingerprint density at radius 1 is 1.05 bits per heavy atom. The summed E-state index contributed by atoms with van der Waals surface area (Å²) in [4.78, 5) is 43.3. The van der Waals surface area contributed by atoms with Crippen LogP contribution in [0, 0.1) is 6.92 Å². The van der Waals surface area contributed by atoms with Crippen LogP contribution in [-0.2, 0) is 11.4 Å². The molecule has 4 aromatic rings. The van der Waals surface area contributed by atoms with Crippen molar-refractivity contribution in [2.45, 2.75) is 20.0 Å². The molecule has 0 fully saturated rings. The summed E-state index contributed by atoms with van der Waals surface area (Å²) in [5.74, 6) is -0.687. The van der Waals surface area contributed by atoms with E-state index in [0.717, 1.165) is 15.2 Å². The molecule has 0 saturated heterocycles. The van der Waals surface area contributed by atoms with Crippen LogP contribution in [0.25, 0.3) is 5.65 Å². The molecule has 0 radical (unpaired) electrons. The van der Waals surface area contributed by atoms with Crippen LogP contribution in [0.4, 0.5) is 5.69 Å². The predicted molar refractivity (Wildman–Crippen MR) is 143 cm³/mol. The Kier molecular flexibility index (Phi) is 6.94. The number of ether oxygens (including phenoxy) is 1. The molecule has 188 valence electrons. The molecule has 3 amide bonds. The number of amides is 3. The third kappa shape index (κ3) is 4.70. The lowest BCUT2D eigenvalue weighted by Crippen LogP contribution is -2.32. The van der Waals surface area contributed by atoms with E-state index in [1.165, 1.54) is 0 Å². The van der Waals surface area contributed by atoms with E-state index >= 15 is 0 Å². The van der Waals surface area contributed by atoms with Gasteiger partial charge in [-0.15, -0.1) is 0 Å². The minimum absolute atomic E-state index is 0.0413. The summed E-state index contributed by atoms with van der Waals surface area (Å²) < 4.78 is 8.69. The number of carbonyl (C=O) groups excluding carboxylic acids is 3. The highest BCUT2D eigenvalue weighted by atomic mass is 79.9. The van der Waals surface area contributed by atoms with Gasteiger partial charge in [0.2, 0.25) is 5.91 Å². The summed E-state index contributed by atoms with van der Waals surface area (Å²) in [7, 11) is 0.